The van der Waals surface area contributed by atoms with Crippen molar-refractivity contribution < 1.29 is 18.9 Å². The second-order valence-corrected chi connectivity index (χ2v) is 0.983. The fourth-order valence-corrected chi connectivity index (χ4v) is 0.167. The molecule has 0 aromatic rings. The van der Waals surface area contributed by atoms with Crippen LogP contribution in [-0.4, -0.2) is 46.9 Å². The van der Waals surface area contributed by atoms with E-state index in [1.165, 1.54) is 0 Å². The summed E-state index contributed by atoms with van der Waals surface area (Å²) in [5, 5.41) is 0. The van der Waals surface area contributed by atoms with Crippen LogP contribution in [0.4, 0.5) is 0 Å². The normalized spacial score (nSPS) is 6.67. The molecule has 0 aromatic heterocycles. The minimum atomic E-state index is -0.979. The monoisotopic (exact) mass is 122 g/mol. The predicted octanol–water partition coefficient (Wildman–Crippen LogP) is -3.48. The van der Waals surface area contributed by atoms with Gasteiger partial charge >= 0.3 is 46.9 Å². The van der Waals surface area contributed by atoms with Crippen LogP contribution in [0.15, 0.2) is 0 Å². The third-order valence-electron chi connectivity index (χ3n) is 0.537. The minimum absolute atomic E-state index is 0. The Labute approximate surface area is 66.3 Å². The molecular formula is C2H5B2LiO4. The Morgan fingerprint density at radius 3 is 1.33 bits per heavy atom. The van der Waals surface area contributed by atoms with Crippen molar-refractivity contribution in [2.75, 3.05) is 0 Å². The first-order valence-electron chi connectivity index (χ1n) is 1.88. The van der Waals surface area contributed by atoms with Crippen LogP contribution < -0.4 is 0 Å². The Morgan fingerprint density at radius 1 is 1.00 bits per heavy atom. The zero-order valence-electron chi connectivity index (χ0n) is 4.63. The molecule has 0 unspecified atom stereocenters. The van der Waals surface area contributed by atoms with Gasteiger partial charge in [0, 0.05) is 0 Å². The summed E-state index contributed by atoms with van der Waals surface area (Å²) < 4.78 is 7.98. The van der Waals surface area contributed by atoms with Gasteiger partial charge < -0.3 is 9.31 Å². The molecule has 0 aliphatic rings. The van der Waals surface area contributed by atoms with Gasteiger partial charge in [0.1, 0.15) is 0 Å². The number of rotatable bonds is 0. The molecule has 0 saturated heterocycles. The Morgan fingerprint density at radius 2 is 1.22 bits per heavy atom. The summed E-state index contributed by atoms with van der Waals surface area (Å²) in [6, 6.07) is 0. The molecule has 0 amide bonds. The van der Waals surface area contributed by atoms with Crippen molar-refractivity contribution in [3.05, 3.63) is 0 Å². The maximum absolute atomic E-state index is 10.0. The number of carbonyl (C=O) groups is 2. The van der Waals surface area contributed by atoms with Gasteiger partial charge in [0.25, 0.3) is 0 Å². The molecular weight excluding hydrogens is 117 g/mol. The first-order valence-corrected chi connectivity index (χ1v) is 1.88. The zero-order valence-corrected chi connectivity index (χ0v) is 4.63. The van der Waals surface area contributed by atoms with E-state index in [1.54, 1.807) is 0 Å². The van der Waals surface area contributed by atoms with Crippen molar-refractivity contribution in [1.29, 1.82) is 0 Å². The predicted molar refractivity (Wildman–Crippen MR) is 36.4 cm³/mol. The van der Waals surface area contributed by atoms with Crippen molar-refractivity contribution in [3.63, 3.8) is 0 Å². The third kappa shape index (κ3) is 4.19. The van der Waals surface area contributed by atoms with Crippen LogP contribution in [0.2, 0.25) is 0 Å². The van der Waals surface area contributed by atoms with Gasteiger partial charge in [0.2, 0.25) is 0 Å². The van der Waals surface area contributed by atoms with Crippen molar-refractivity contribution in [1.82, 2.24) is 0 Å². The van der Waals surface area contributed by atoms with Gasteiger partial charge in [-0.05, 0) is 0 Å². The molecule has 0 aliphatic heterocycles. The van der Waals surface area contributed by atoms with Crippen LogP contribution >= 0.6 is 0 Å². The van der Waals surface area contributed by atoms with Gasteiger partial charge in [0.05, 0.1) is 0 Å². The van der Waals surface area contributed by atoms with E-state index in [2.05, 4.69) is 9.31 Å². The van der Waals surface area contributed by atoms with Crippen molar-refractivity contribution in [2.45, 2.75) is 0 Å². The van der Waals surface area contributed by atoms with E-state index in [0.717, 1.165) is 16.1 Å². The summed E-state index contributed by atoms with van der Waals surface area (Å²) in [5.74, 6) is -1.96. The number of carbonyl (C=O) groups excluding carboxylic acids is 2. The molecule has 44 valence electrons. The third-order valence-corrected chi connectivity index (χ3v) is 0.537. The van der Waals surface area contributed by atoms with Gasteiger partial charge in [-0.2, -0.15) is 0 Å². The molecule has 0 atom stereocenters. The van der Waals surface area contributed by atoms with E-state index in [0.29, 0.717) is 0 Å². The summed E-state index contributed by atoms with van der Waals surface area (Å²) in [5.41, 5.74) is 0. The fourth-order valence-electron chi connectivity index (χ4n) is 0.167. The van der Waals surface area contributed by atoms with Gasteiger partial charge in [-0.3, -0.25) is 0 Å². The summed E-state index contributed by atoms with van der Waals surface area (Å²) >= 11 is 0. The standard InChI is InChI=1S/C2H4B2O4.Li.H/c3-7-1(5)2(6)8-4;;/h3-4H2;;. The molecule has 0 spiro atoms. The Hall–Kier alpha value is -0.333. The SMILES string of the molecule is BOC(=O)C(=O)OB.[LiH]. The van der Waals surface area contributed by atoms with Gasteiger partial charge in [-0.25, -0.2) is 9.59 Å². The van der Waals surface area contributed by atoms with Crippen LogP contribution in [0.25, 0.3) is 0 Å². The molecule has 0 heterocycles. The second-order valence-electron chi connectivity index (χ2n) is 0.983. The molecule has 9 heavy (non-hydrogen) atoms. The maximum atomic E-state index is 10.0. The van der Waals surface area contributed by atoms with E-state index in [9.17, 15) is 9.59 Å². The van der Waals surface area contributed by atoms with E-state index in [-0.39, 0.29) is 18.9 Å². The van der Waals surface area contributed by atoms with Crippen molar-refractivity contribution in [3.8, 4) is 0 Å². The molecule has 0 radical (unpaired) electrons. The first kappa shape index (κ1) is 11.5. The van der Waals surface area contributed by atoms with Gasteiger partial charge in [-0.15, -0.1) is 0 Å². The van der Waals surface area contributed by atoms with Crippen LogP contribution in [0.5, 0.6) is 0 Å². The molecule has 0 N–H and O–H groups in total. The molecule has 0 rings (SSSR count). The molecule has 0 aromatic carbocycles. The van der Waals surface area contributed by atoms with Crippen LogP contribution in [0, 0.1) is 0 Å². The molecule has 0 saturated carbocycles. The summed E-state index contributed by atoms with van der Waals surface area (Å²) in [6.45, 7) is 0. The summed E-state index contributed by atoms with van der Waals surface area (Å²) in [4.78, 5) is 20.1. The fraction of sp³-hybridized carbons (Fsp3) is 0. The van der Waals surface area contributed by atoms with Crippen molar-refractivity contribution in [2.24, 2.45) is 0 Å². The van der Waals surface area contributed by atoms with Crippen molar-refractivity contribution >= 4 is 46.9 Å². The first-order chi connectivity index (χ1) is 3.72. The quantitative estimate of drug-likeness (QED) is 0.247. The van der Waals surface area contributed by atoms with E-state index < -0.39 is 11.9 Å². The topological polar surface area (TPSA) is 52.6 Å². The number of hydrogen-bond donors (Lipinski definition) is 0. The van der Waals surface area contributed by atoms with E-state index >= 15 is 0 Å². The summed E-state index contributed by atoms with van der Waals surface area (Å²) in [6.07, 6.45) is 0. The molecule has 7 heteroatoms. The second kappa shape index (κ2) is 5.80. The van der Waals surface area contributed by atoms with E-state index in [1.807, 2.05) is 0 Å². The molecule has 0 fully saturated rings. The average Bonchev–Trinajstić information content (AvgIpc) is 1.84. The summed E-state index contributed by atoms with van der Waals surface area (Å²) in [7, 11) is 2.22. The van der Waals surface area contributed by atoms with Crippen LogP contribution in [-0.2, 0) is 18.9 Å². The Bertz CT molecular complexity index is 101. The average molecular weight is 122 g/mol. The number of hydrogen-bond acceptors (Lipinski definition) is 4. The molecule has 0 bridgehead atoms. The molecule has 0 aliphatic carbocycles. The Kier molecular flexibility index (Phi) is 7.38. The van der Waals surface area contributed by atoms with Gasteiger partial charge in [-0.1, -0.05) is 0 Å². The Balaban J connectivity index is 0. The van der Waals surface area contributed by atoms with Crippen LogP contribution in [0.1, 0.15) is 0 Å². The van der Waals surface area contributed by atoms with E-state index in [4.69, 9.17) is 0 Å². The molecule has 4 nitrogen and oxygen atoms in total. The zero-order chi connectivity index (χ0) is 6.57. The van der Waals surface area contributed by atoms with Gasteiger partial charge in [0.15, 0.2) is 0 Å². The van der Waals surface area contributed by atoms with Crippen LogP contribution in [0.3, 0.4) is 0 Å².